The molecule has 26 heavy (non-hydrogen) atoms. The summed E-state index contributed by atoms with van der Waals surface area (Å²) >= 11 is 3.51. The van der Waals surface area contributed by atoms with Crippen molar-refractivity contribution in [2.45, 2.75) is 25.8 Å². The number of nitrogens with zero attached hydrogens (tertiary/aromatic N) is 2. The van der Waals surface area contributed by atoms with E-state index in [0.29, 0.717) is 29.0 Å². The third-order valence-corrected chi connectivity index (χ3v) is 4.86. The first-order valence-electron chi connectivity index (χ1n) is 8.50. The summed E-state index contributed by atoms with van der Waals surface area (Å²) in [5.41, 5.74) is 2.51. The first-order chi connectivity index (χ1) is 12.6. The Morgan fingerprint density at radius 2 is 2.12 bits per heavy atom. The number of oxazole rings is 1. The van der Waals surface area contributed by atoms with Crippen molar-refractivity contribution in [2.75, 3.05) is 7.05 Å². The summed E-state index contributed by atoms with van der Waals surface area (Å²) in [7, 11) is 1.73. The highest BCUT2D eigenvalue weighted by molar-refractivity contribution is 9.10. The summed E-state index contributed by atoms with van der Waals surface area (Å²) in [4.78, 5) is 21.3. The lowest BCUT2D eigenvalue weighted by Crippen LogP contribution is -2.34. The van der Waals surface area contributed by atoms with Crippen LogP contribution in [0, 0.1) is 0 Å². The van der Waals surface area contributed by atoms with Crippen LogP contribution in [0.15, 0.2) is 56.3 Å². The lowest BCUT2D eigenvalue weighted by molar-refractivity contribution is 0.0939. The zero-order chi connectivity index (χ0) is 18.5. The second-order valence-electron chi connectivity index (χ2n) is 5.91. The van der Waals surface area contributed by atoms with Gasteiger partial charge >= 0.3 is 0 Å². The number of hydrogen-bond acceptors (Lipinski definition) is 4. The van der Waals surface area contributed by atoms with Crippen molar-refractivity contribution in [1.29, 1.82) is 0 Å². The van der Waals surface area contributed by atoms with E-state index >= 15 is 0 Å². The molecule has 0 spiro atoms. The molecule has 0 fully saturated rings. The Hall–Kier alpha value is -2.47. The maximum absolute atomic E-state index is 12.8. The summed E-state index contributed by atoms with van der Waals surface area (Å²) in [6, 6.07) is 13.1. The van der Waals surface area contributed by atoms with Crippen molar-refractivity contribution in [3.63, 3.8) is 0 Å². The number of aliphatic imine (C=N–C) groups is 1. The van der Waals surface area contributed by atoms with Crippen molar-refractivity contribution >= 4 is 39.2 Å². The molecule has 2 aromatic carbocycles. The number of amides is 1. The van der Waals surface area contributed by atoms with Crippen molar-refractivity contribution in [3.8, 4) is 11.5 Å². The number of carbonyl (C=O) groups is 1. The van der Waals surface area contributed by atoms with E-state index in [9.17, 15) is 4.79 Å². The lowest BCUT2D eigenvalue weighted by atomic mass is 10.1. The molecule has 1 unspecified atom stereocenters. The fourth-order valence-corrected chi connectivity index (χ4v) is 3.16. The van der Waals surface area contributed by atoms with Gasteiger partial charge in [-0.2, -0.15) is 0 Å². The van der Waals surface area contributed by atoms with E-state index in [2.05, 4.69) is 31.2 Å². The Morgan fingerprint density at radius 3 is 2.85 bits per heavy atom. The summed E-state index contributed by atoms with van der Waals surface area (Å²) < 4.78 is 6.77. The first kappa shape index (κ1) is 18.3. The molecule has 1 aromatic heterocycles. The lowest BCUT2D eigenvalue weighted by Gasteiger charge is -2.14. The Kier molecular flexibility index (Phi) is 5.83. The topological polar surface area (TPSA) is 67.5 Å². The number of rotatable bonds is 6. The minimum absolute atomic E-state index is 0.0381. The summed E-state index contributed by atoms with van der Waals surface area (Å²) in [6.45, 7) is 2.04. The van der Waals surface area contributed by atoms with Crippen LogP contribution in [-0.4, -0.2) is 30.2 Å². The Balaban J connectivity index is 1.94. The zero-order valence-electron chi connectivity index (χ0n) is 14.7. The third-order valence-electron chi connectivity index (χ3n) is 4.17. The molecule has 3 aromatic rings. The summed E-state index contributed by atoms with van der Waals surface area (Å²) in [6.07, 6.45) is 3.35. The van der Waals surface area contributed by atoms with E-state index in [0.717, 1.165) is 16.5 Å². The quantitative estimate of drug-likeness (QED) is 0.586. The van der Waals surface area contributed by atoms with Crippen molar-refractivity contribution in [1.82, 2.24) is 10.3 Å². The fourth-order valence-electron chi connectivity index (χ4n) is 2.71. The number of halogens is 1. The average Bonchev–Trinajstić information content (AvgIpc) is 3.09. The van der Waals surface area contributed by atoms with E-state index in [4.69, 9.17) is 4.42 Å². The summed E-state index contributed by atoms with van der Waals surface area (Å²) in [5, 5.41) is 3.05. The van der Waals surface area contributed by atoms with Gasteiger partial charge in [-0.05, 0) is 46.6 Å². The minimum Gasteiger partial charge on any atom is -0.436 e. The zero-order valence-corrected chi connectivity index (χ0v) is 16.3. The number of benzene rings is 2. The van der Waals surface area contributed by atoms with E-state index < -0.39 is 0 Å². The third kappa shape index (κ3) is 3.85. The maximum atomic E-state index is 12.8. The molecule has 0 aliphatic heterocycles. The van der Waals surface area contributed by atoms with Crippen molar-refractivity contribution in [2.24, 2.45) is 4.99 Å². The standard InChI is InChI=1S/C20H20BrN3O2/c1-3-13(11-12-22-2)23-19(25)15-8-6-10-17-18(15)24-20(26-17)14-7-4-5-9-16(14)21/h4-10,12-13H,3,11H2,1-2H3,(H,23,25). The van der Waals surface area contributed by atoms with Gasteiger partial charge in [-0.3, -0.25) is 4.79 Å². The molecule has 1 heterocycles. The second-order valence-corrected chi connectivity index (χ2v) is 6.76. The molecule has 6 heteroatoms. The molecular weight excluding hydrogens is 394 g/mol. The Morgan fingerprint density at radius 1 is 1.31 bits per heavy atom. The van der Waals surface area contributed by atoms with Crippen LogP contribution in [-0.2, 0) is 0 Å². The highest BCUT2D eigenvalue weighted by Crippen LogP contribution is 2.31. The molecule has 3 rings (SSSR count). The molecular formula is C20H20BrN3O2. The van der Waals surface area contributed by atoms with Crippen LogP contribution in [0.4, 0.5) is 0 Å². The second kappa shape index (κ2) is 8.27. The highest BCUT2D eigenvalue weighted by Gasteiger charge is 2.19. The smallest absolute Gasteiger partial charge is 0.253 e. The van der Waals surface area contributed by atoms with Gasteiger partial charge in [-0.25, -0.2) is 4.98 Å². The van der Waals surface area contributed by atoms with Gasteiger partial charge in [-0.15, -0.1) is 0 Å². The van der Waals surface area contributed by atoms with Crippen LogP contribution in [0.3, 0.4) is 0 Å². The minimum atomic E-state index is -0.154. The Bertz CT molecular complexity index is 949. The molecule has 0 aliphatic rings. The number of fused-ring (bicyclic) bond motifs is 1. The average molecular weight is 414 g/mol. The van der Waals surface area contributed by atoms with Gasteiger partial charge in [-0.1, -0.05) is 25.1 Å². The van der Waals surface area contributed by atoms with E-state index in [-0.39, 0.29) is 11.9 Å². The molecule has 0 aliphatic carbocycles. The van der Waals surface area contributed by atoms with E-state index in [1.165, 1.54) is 0 Å². The highest BCUT2D eigenvalue weighted by atomic mass is 79.9. The Labute approximate surface area is 160 Å². The monoisotopic (exact) mass is 413 g/mol. The molecule has 0 bridgehead atoms. The van der Waals surface area contributed by atoms with Gasteiger partial charge in [0.25, 0.3) is 5.91 Å². The van der Waals surface area contributed by atoms with Gasteiger partial charge in [0.1, 0.15) is 5.52 Å². The molecule has 1 N–H and O–H groups in total. The number of carbonyl (C=O) groups excluding carboxylic acids is 1. The molecule has 0 radical (unpaired) electrons. The van der Waals surface area contributed by atoms with Gasteiger partial charge in [0.2, 0.25) is 5.89 Å². The van der Waals surface area contributed by atoms with Gasteiger partial charge < -0.3 is 14.7 Å². The van der Waals surface area contributed by atoms with Crippen LogP contribution in [0.25, 0.3) is 22.6 Å². The van der Waals surface area contributed by atoms with Gasteiger partial charge in [0.15, 0.2) is 5.58 Å². The first-order valence-corrected chi connectivity index (χ1v) is 9.29. The molecule has 5 nitrogen and oxygen atoms in total. The van der Waals surface area contributed by atoms with Gasteiger partial charge in [0.05, 0.1) is 11.1 Å². The van der Waals surface area contributed by atoms with E-state index in [1.807, 2.05) is 43.5 Å². The summed E-state index contributed by atoms with van der Waals surface area (Å²) in [5.74, 6) is 0.330. The maximum Gasteiger partial charge on any atom is 0.253 e. The molecule has 1 atom stereocenters. The molecule has 134 valence electrons. The predicted molar refractivity (Wildman–Crippen MR) is 108 cm³/mol. The molecule has 0 saturated carbocycles. The van der Waals surface area contributed by atoms with Gasteiger partial charge in [0, 0.05) is 30.2 Å². The van der Waals surface area contributed by atoms with E-state index in [1.54, 1.807) is 19.2 Å². The fraction of sp³-hybridized carbons (Fsp3) is 0.250. The van der Waals surface area contributed by atoms with Crippen LogP contribution < -0.4 is 5.32 Å². The van der Waals surface area contributed by atoms with Crippen molar-refractivity contribution < 1.29 is 9.21 Å². The number of nitrogens with one attached hydrogen (secondary N) is 1. The van der Waals surface area contributed by atoms with Crippen LogP contribution in [0.2, 0.25) is 0 Å². The largest absolute Gasteiger partial charge is 0.436 e. The van der Waals surface area contributed by atoms with Crippen LogP contribution in [0.5, 0.6) is 0 Å². The van der Waals surface area contributed by atoms with Crippen LogP contribution >= 0.6 is 15.9 Å². The normalized spacial score (nSPS) is 12.6. The SMILES string of the molecule is CCC(CC=NC)NC(=O)c1cccc2oc(-c3ccccc3Br)nc12. The molecule has 0 saturated heterocycles. The van der Waals surface area contributed by atoms with Crippen molar-refractivity contribution in [3.05, 3.63) is 52.5 Å². The number of aromatic nitrogens is 1. The predicted octanol–water partition coefficient (Wildman–Crippen LogP) is 4.86. The molecule has 1 amide bonds. The van der Waals surface area contributed by atoms with Crippen LogP contribution in [0.1, 0.15) is 30.1 Å². The number of para-hydroxylation sites is 1. The number of hydrogen-bond donors (Lipinski definition) is 1.